The summed E-state index contributed by atoms with van der Waals surface area (Å²) in [6.07, 6.45) is 4.36. The normalized spacial score (nSPS) is 16.4. The second-order valence-electron chi connectivity index (χ2n) is 6.00. The van der Waals surface area contributed by atoms with Gasteiger partial charge in [-0.3, -0.25) is 0 Å². The van der Waals surface area contributed by atoms with E-state index in [9.17, 15) is 8.94 Å². The first-order valence-corrected chi connectivity index (χ1v) is 9.54. The minimum absolute atomic E-state index is 0.256. The molecule has 0 aliphatic heterocycles. The number of rotatable bonds is 5. The highest BCUT2D eigenvalue weighted by Gasteiger charge is 2.23. The standard InChI is InChI=1S/C20H20FNO2S/c1-13-17(9-10-24-22)20-12-15(21)5-8-18(20)19(13)11-14-3-6-16(7-4-14)25(2)23/h3-8,11-12H,9-10,22H2,1-2H3. The maximum Gasteiger partial charge on any atom is 0.152 e. The lowest BCUT2D eigenvalue weighted by molar-refractivity contribution is 0.144. The molecule has 1 atom stereocenters. The van der Waals surface area contributed by atoms with Crippen molar-refractivity contribution < 1.29 is 13.8 Å². The topological polar surface area (TPSA) is 58.3 Å². The summed E-state index contributed by atoms with van der Waals surface area (Å²) < 4.78 is 25.3. The molecule has 2 N–H and O–H groups in total. The molecule has 0 saturated carbocycles. The highest BCUT2D eigenvalue weighted by Crippen LogP contribution is 2.43. The van der Waals surface area contributed by atoms with Crippen LogP contribution in [0.15, 0.2) is 52.9 Å². The van der Waals surface area contributed by atoms with E-state index in [4.69, 9.17) is 10.7 Å². The molecule has 0 bridgehead atoms. The van der Waals surface area contributed by atoms with Crippen LogP contribution in [0, 0.1) is 5.82 Å². The molecule has 1 unspecified atom stereocenters. The van der Waals surface area contributed by atoms with E-state index in [2.05, 4.69) is 6.08 Å². The van der Waals surface area contributed by atoms with Gasteiger partial charge < -0.3 is 9.39 Å². The fourth-order valence-electron chi connectivity index (χ4n) is 3.16. The van der Waals surface area contributed by atoms with Crippen LogP contribution in [0.4, 0.5) is 4.39 Å². The van der Waals surface area contributed by atoms with Gasteiger partial charge in [-0.05, 0) is 100 Å². The SMILES string of the molecule is CC1=C(CCON)c2cc(F)ccc2C1=Cc1ccc([S+](C)[O-])cc1. The van der Waals surface area contributed by atoms with Crippen LogP contribution in [0.25, 0.3) is 17.2 Å². The molecule has 0 heterocycles. The number of allylic oxidation sites excluding steroid dienone is 2. The number of hydrogen-bond donors (Lipinski definition) is 1. The lowest BCUT2D eigenvalue weighted by atomic mass is 10.0. The highest BCUT2D eigenvalue weighted by molar-refractivity contribution is 7.90. The lowest BCUT2D eigenvalue weighted by Crippen LogP contribution is -2.01. The van der Waals surface area contributed by atoms with Gasteiger partial charge in [-0.25, -0.2) is 10.3 Å². The molecule has 2 aromatic rings. The van der Waals surface area contributed by atoms with Gasteiger partial charge in [-0.15, -0.1) is 0 Å². The van der Waals surface area contributed by atoms with Crippen LogP contribution in [0.5, 0.6) is 0 Å². The zero-order chi connectivity index (χ0) is 18.0. The average molecular weight is 357 g/mol. The minimum atomic E-state index is -0.994. The van der Waals surface area contributed by atoms with Crippen LogP contribution in [0.1, 0.15) is 30.0 Å². The van der Waals surface area contributed by atoms with E-state index in [0.717, 1.165) is 38.3 Å². The molecule has 0 radical (unpaired) electrons. The minimum Gasteiger partial charge on any atom is -0.612 e. The van der Waals surface area contributed by atoms with E-state index in [-0.39, 0.29) is 5.82 Å². The van der Waals surface area contributed by atoms with Crippen LogP contribution < -0.4 is 5.90 Å². The van der Waals surface area contributed by atoms with Crippen molar-refractivity contribution in [1.82, 2.24) is 0 Å². The predicted molar refractivity (Wildman–Crippen MR) is 100 cm³/mol. The summed E-state index contributed by atoms with van der Waals surface area (Å²) in [5.41, 5.74) is 6.13. The second-order valence-corrected chi connectivity index (χ2v) is 7.38. The first-order chi connectivity index (χ1) is 12.0. The van der Waals surface area contributed by atoms with E-state index >= 15 is 0 Å². The largest absolute Gasteiger partial charge is 0.612 e. The smallest absolute Gasteiger partial charge is 0.152 e. The Labute approximate surface area is 150 Å². The first-order valence-electron chi connectivity index (χ1n) is 7.98. The van der Waals surface area contributed by atoms with Gasteiger partial charge in [-0.2, -0.15) is 0 Å². The second kappa shape index (κ2) is 7.54. The molecule has 1 aliphatic carbocycles. The van der Waals surface area contributed by atoms with Crippen LogP contribution in [0.3, 0.4) is 0 Å². The van der Waals surface area contributed by atoms with Gasteiger partial charge in [0.05, 0.1) is 6.61 Å². The van der Waals surface area contributed by atoms with Gasteiger partial charge in [0.15, 0.2) is 4.90 Å². The number of nitrogens with two attached hydrogens (primary N) is 1. The summed E-state index contributed by atoms with van der Waals surface area (Å²) in [6.45, 7) is 2.41. The van der Waals surface area contributed by atoms with Crippen LogP contribution in [-0.2, 0) is 16.0 Å². The molecule has 0 amide bonds. The predicted octanol–water partition coefficient (Wildman–Crippen LogP) is 4.17. The third-order valence-corrected chi connectivity index (χ3v) is 5.38. The zero-order valence-corrected chi connectivity index (χ0v) is 15.0. The molecule has 25 heavy (non-hydrogen) atoms. The molecule has 0 spiro atoms. The van der Waals surface area contributed by atoms with Gasteiger partial charge in [0.1, 0.15) is 12.1 Å². The fraction of sp³-hybridized carbons (Fsp3) is 0.200. The van der Waals surface area contributed by atoms with Gasteiger partial charge in [0.2, 0.25) is 0 Å². The van der Waals surface area contributed by atoms with Gasteiger partial charge in [0, 0.05) is 0 Å². The van der Waals surface area contributed by atoms with Crippen LogP contribution >= 0.6 is 0 Å². The zero-order valence-electron chi connectivity index (χ0n) is 14.2. The van der Waals surface area contributed by atoms with Crippen molar-refractivity contribution >= 4 is 28.4 Å². The Morgan fingerprint density at radius 1 is 1.16 bits per heavy atom. The monoisotopic (exact) mass is 357 g/mol. The Kier molecular flexibility index (Phi) is 5.39. The molecular formula is C20H20FNO2S. The van der Waals surface area contributed by atoms with E-state index in [1.807, 2.05) is 37.3 Å². The average Bonchev–Trinajstić information content (AvgIpc) is 2.84. The summed E-state index contributed by atoms with van der Waals surface area (Å²) in [5.74, 6) is 4.91. The maximum atomic E-state index is 13.7. The Morgan fingerprint density at radius 2 is 1.88 bits per heavy atom. The van der Waals surface area contributed by atoms with E-state index in [1.165, 1.54) is 6.07 Å². The lowest BCUT2D eigenvalue weighted by Gasteiger charge is -2.06. The molecule has 3 nitrogen and oxygen atoms in total. The van der Waals surface area contributed by atoms with Crippen LogP contribution in [-0.4, -0.2) is 17.4 Å². The fourth-order valence-corrected chi connectivity index (χ4v) is 3.68. The summed E-state index contributed by atoms with van der Waals surface area (Å²) in [4.78, 5) is 5.51. The maximum absolute atomic E-state index is 13.7. The number of benzene rings is 2. The molecule has 0 fully saturated rings. The quantitative estimate of drug-likeness (QED) is 0.645. The van der Waals surface area contributed by atoms with Crippen molar-refractivity contribution in [3.05, 3.63) is 70.5 Å². The van der Waals surface area contributed by atoms with E-state index in [0.29, 0.717) is 13.0 Å². The third kappa shape index (κ3) is 3.70. The third-order valence-electron chi connectivity index (χ3n) is 4.45. The molecule has 0 saturated heterocycles. The summed E-state index contributed by atoms with van der Waals surface area (Å²) in [5, 5.41) is 0. The molecule has 130 valence electrons. The number of halogens is 1. The van der Waals surface area contributed by atoms with Crippen molar-refractivity contribution in [2.24, 2.45) is 5.90 Å². The van der Waals surface area contributed by atoms with E-state index in [1.54, 1.807) is 12.3 Å². The molecule has 2 aromatic carbocycles. The molecule has 1 aliphatic rings. The number of fused-ring (bicyclic) bond motifs is 1. The Bertz CT molecular complexity index is 841. The van der Waals surface area contributed by atoms with Gasteiger partial charge in [-0.1, -0.05) is 6.07 Å². The molecular weight excluding hydrogens is 337 g/mol. The number of hydrogen-bond acceptors (Lipinski definition) is 3. The Balaban J connectivity index is 2.04. The highest BCUT2D eigenvalue weighted by atomic mass is 32.2. The van der Waals surface area contributed by atoms with Crippen molar-refractivity contribution in [3.8, 4) is 0 Å². The Hall–Kier alpha value is -1.92. The van der Waals surface area contributed by atoms with Crippen molar-refractivity contribution in [2.75, 3.05) is 12.9 Å². The van der Waals surface area contributed by atoms with Crippen molar-refractivity contribution in [1.29, 1.82) is 0 Å². The van der Waals surface area contributed by atoms with Gasteiger partial charge >= 0.3 is 0 Å². The summed E-state index contributed by atoms with van der Waals surface area (Å²) in [6, 6.07) is 12.5. The summed E-state index contributed by atoms with van der Waals surface area (Å²) in [7, 11) is 0. The molecule has 5 heteroatoms. The van der Waals surface area contributed by atoms with Crippen LogP contribution in [0.2, 0.25) is 0 Å². The first kappa shape index (κ1) is 17.9. The van der Waals surface area contributed by atoms with E-state index < -0.39 is 11.2 Å². The van der Waals surface area contributed by atoms with Crippen molar-refractivity contribution in [3.63, 3.8) is 0 Å². The summed E-state index contributed by atoms with van der Waals surface area (Å²) >= 11 is -0.994. The van der Waals surface area contributed by atoms with Gasteiger partial charge in [0.25, 0.3) is 0 Å². The molecule has 0 aromatic heterocycles. The Morgan fingerprint density at radius 3 is 2.52 bits per heavy atom. The van der Waals surface area contributed by atoms with Crippen molar-refractivity contribution in [2.45, 2.75) is 18.2 Å². The molecule has 3 rings (SSSR count).